The van der Waals surface area contributed by atoms with Gasteiger partial charge in [0.1, 0.15) is 5.75 Å². The lowest BCUT2D eigenvalue weighted by Gasteiger charge is -2.09. The van der Waals surface area contributed by atoms with E-state index in [1.54, 1.807) is 6.07 Å². The molecule has 7 heteroatoms. The predicted octanol–water partition coefficient (Wildman–Crippen LogP) is 2.77. The molecule has 0 atom stereocenters. The number of aromatic hydroxyl groups is 1. The summed E-state index contributed by atoms with van der Waals surface area (Å²) in [7, 11) is 0. The molecule has 2 aromatic carbocycles. The molecule has 0 bridgehead atoms. The van der Waals surface area contributed by atoms with Crippen LogP contribution in [0.2, 0.25) is 10.0 Å². The van der Waals surface area contributed by atoms with E-state index in [4.69, 9.17) is 28.3 Å². The zero-order valence-corrected chi connectivity index (χ0v) is 12.1. The highest BCUT2D eigenvalue weighted by Crippen LogP contribution is 2.20. The number of benzene rings is 2. The molecule has 0 aliphatic carbocycles. The van der Waals surface area contributed by atoms with Gasteiger partial charge in [0.15, 0.2) is 0 Å². The Morgan fingerprint density at radius 3 is 2.19 bits per heavy atom. The summed E-state index contributed by atoms with van der Waals surface area (Å²) in [6.07, 6.45) is 0. The van der Waals surface area contributed by atoms with Crippen molar-refractivity contribution in [3.8, 4) is 5.75 Å². The second kappa shape index (κ2) is 6.47. The first-order valence-electron chi connectivity index (χ1n) is 5.82. The van der Waals surface area contributed by atoms with Crippen LogP contribution in [-0.2, 0) is 0 Å². The molecule has 21 heavy (non-hydrogen) atoms. The minimum Gasteiger partial charge on any atom is -0.508 e. The lowest BCUT2D eigenvalue weighted by atomic mass is 10.2. The number of amides is 2. The maximum atomic E-state index is 11.9. The zero-order chi connectivity index (χ0) is 15.4. The van der Waals surface area contributed by atoms with E-state index in [2.05, 4.69) is 10.9 Å². The molecule has 0 saturated carbocycles. The average molecular weight is 325 g/mol. The van der Waals surface area contributed by atoms with E-state index < -0.39 is 11.8 Å². The van der Waals surface area contributed by atoms with Gasteiger partial charge in [0, 0.05) is 10.6 Å². The third kappa shape index (κ3) is 3.87. The van der Waals surface area contributed by atoms with Crippen molar-refractivity contribution in [2.45, 2.75) is 0 Å². The highest BCUT2D eigenvalue weighted by molar-refractivity contribution is 6.35. The number of halogens is 2. The van der Waals surface area contributed by atoms with Gasteiger partial charge in [-0.1, -0.05) is 23.2 Å². The van der Waals surface area contributed by atoms with Crippen LogP contribution in [0.25, 0.3) is 0 Å². The van der Waals surface area contributed by atoms with Crippen molar-refractivity contribution in [2.24, 2.45) is 0 Å². The Hall–Kier alpha value is -2.24. The monoisotopic (exact) mass is 324 g/mol. The normalized spacial score (nSPS) is 10.0. The van der Waals surface area contributed by atoms with E-state index in [0.29, 0.717) is 5.02 Å². The van der Waals surface area contributed by atoms with Crippen molar-refractivity contribution in [3.05, 3.63) is 63.6 Å². The average Bonchev–Trinajstić information content (AvgIpc) is 2.47. The Morgan fingerprint density at radius 1 is 0.905 bits per heavy atom. The number of hydrogen-bond donors (Lipinski definition) is 3. The van der Waals surface area contributed by atoms with Gasteiger partial charge in [-0.3, -0.25) is 20.4 Å². The molecule has 2 amide bonds. The van der Waals surface area contributed by atoms with Crippen LogP contribution < -0.4 is 10.9 Å². The number of nitrogens with one attached hydrogen (secondary N) is 2. The van der Waals surface area contributed by atoms with Crippen LogP contribution in [0.5, 0.6) is 5.75 Å². The first kappa shape index (κ1) is 15.2. The molecular formula is C14H10Cl2N2O3. The molecule has 5 nitrogen and oxygen atoms in total. The molecule has 0 aromatic heterocycles. The number of phenolic OH excluding ortho intramolecular Hbond substituents is 1. The van der Waals surface area contributed by atoms with Crippen LogP contribution in [0, 0.1) is 0 Å². The van der Waals surface area contributed by atoms with Crippen LogP contribution in [0.4, 0.5) is 0 Å². The third-order valence-electron chi connectivity index (χ3n) is 2.59. The van der Waals surface area contributed by atoms with Gasteiger partial charge in [0.05, 0.1) is 10.6 Å². The Bertz CT molecular complexity index is 687. The topological polar surface area (TPSA) is 78.4 Å². The first-order chi connectivity index (χ1) is 9.97. The molecule has 0 fully saturated rings. The summed E-state index contributed by atoms with van der Waals surface area (Å²) in [5.74, 6) is -1.07. The molecule has 0 heterocycles. The maximum Gasteiger partial charge on any atom is 0.271 e. The van der Waals surface area contributed by atoms with E-state index in [1.165, 1.54) is 36.4 Å². The molecule has 0 aliphatic heterocycles. The smallest absolute Gasteiger partial charge is 0.271 e. The van der Waals surface area contributed by atoms with Gasteiger partial charge >= 0.3 is 0 Å². The standard InChI is InChI=1S/C14H10Cl2N2O3/c15-9-3-6-12(16)11(7-9)14(21)18-17-13(20)8-1-4-10(19)5-2-8/h1-7,19H,(H,17,20)(H,18,21). The zero-order valence-electron chi connectivity index (χ0n) is 10.6. The molecule has 0 radical (unpaired) electrons. The van der Waals surface area contributed by atoms with E-state index in [9.17, 15) is 9.59 Å². The third-order valence-corrected chi connectivity index (χ3v) is 3.16. The Morgan fingerprint density at radius 2 is 1.52 bits per heavy atom. The van der Waals surface area contributed by atoms with Gasteiger partial charge < -0.3 is 5.11 Å². The number of phenols is 1. The van der Waals surface area contributed by atoms with Crippen LogP contribution in [0.15, 0.2) is 42.5 Å². The SMILES string of the molecule is O=C(NNC(=O)c1cc(Cl)ccc1Cl)c1ccc(O)cc1. The first-order valence-corrected chi connectivity index (χ1v) is 6.58. The quantitative estimate of drug-likeness (QED) is 0.743. The largest absolute Gasteiger partial charge is 0.508 e. The summed E-state index contributed by atoms with van der Waals surface area (Å²) in [6, 6.07) is 10.0. The minimum absolute atomic E-state index is 0.0429. The minimum atomic E-state index is -0.588. The summed E-state index contributed by atoms with van der Waals surface area (Å²) in [5, 5.41) is 9.71. The molecule has 0 unspecified atom stereocenters. The summed E-state index contributed by atoms with van der Waals surface area (Å²) < 4.78 is 0. The summed E-state index contributed by atoms with van der Waals surface area (Å²) in [6.45, 7) is 0. The Balaban J connectivity index is 2.02. The van der Waals surface area contributed by atoms with E-state index >= 15 is 0 Å². The van der Waals surface area contributed by atoms with Gasteiger partial charge in [-0.25, -0.2) is 0 Å². The van der Waals surface area contributed by atoms with Gasteiger partial charge in [0.25, 0.3) is 11.8 Å². The van der Waals surface area contributed by atoms with E-state index in [-0.39, 0.29) is 21.9 Å². The summed E-state index contributed by atoms with van der Waals surface area (Å²) in [4.78, 5) is 23.7. The predicted molar refractivity (Wildman–Crippen MR) is 79.5 cm³/mol. The number of carbonyl (C=O) groups is 2. The fourth-order valence-electron chi connectivity index (χ4n) is 1.54. The second-order valence-corrected chi connectivity index (χ2v) is 4.92. The Labute approximate surface area is 130 Å². The lowest BCUT2D eigenvalue weighted by Crippen LogP contribution is -2.41. The number of hydrogen-bond acceptors (Lipinski definition) is 3. The fourth-order valence-corrected chi connectivity index (χ4v) is 1.91. The molecule has 2 rings (SSSR count). The maximum absolute atomic E-state index is 11.9. The highest BCUT2D eigenvalue weighted by atomic mass is 35.5. The van der Waals surface area contributed by atoms with Crippen LogP contribution in [0.3, 0.4) is 0 Å². The van der Waals surface area contributed by atoms with Crippen LogP contribution in [0.1, 0.15) is 20.7 Å². The molecule has 0 saturated heterocycles. The molecular weight excluding hydrogens is 315 g/mol. The Kier molecular flexibility index (Phi) is 4.67. The van der Waals surface area contributed by atoms with E-state index in [0.717, 1.165) is 0 Å². The van der Waals surface area contributed by atoms with Crippen molar-refractivity contribution in [1.82, 2.24) is 10.9 Å². The number of carbonyl (C=O) groups excluding carboxylic acids is 2. The number of hydrazine groups is 1. The van der Waals surface area contributed by atoms with Crippen LogP contribution in [-0.4, -0.2) is 16.9 Å². The molecule has 3 N–H and O–H groups in total. The van der Waals surface area contributed by atoms with Gasteiger partial charge in [-0.15, -0.1) is 0 Å². The molecule has 0 aliphatic rings. The van der Waals surface area contributed by atoms with Gasteiger partial charge in [0.2, 0.25) is 0 Å². The van der Waals surface area contributed by atoms with Crippen molar-refractivity contribution < 1.29 is 14.7 Å². The highest BCUT2D eigenvalue weighted by Gasteiger charge is 2.12. The summed E-state index contributed by atoms with van der Waals surface area (Å²) in [5.41, 5.74) is 4.91. The van der Waals surface area contributed by atoms with Crippen molar-refractivity contribution in [2.75, 3.05) is 0 Å². The number of rotatable bonds is 2. The van der Waals surface area contributed by atoms with Gasteiger partial charge in [-0.2, -0.15) is 0 Å². The van der Waals surface area contributed by atoms with Crippen molar-refractivity contribution in [1.29, 1.82) is 0 Å². The lowest BCUT2D eigenvalue weighted by molar-refractivity contribution is 0.0846. The second-order valence-electron chi connectivity index (χ2n) is 4.08. The molecule has 108 valence electrons. The van der Waals surface area contributed by atoms with Crippen LogP contribution >= 0.6 is 23.2 Å². The molecule has 2 aromatic rings. The fraction of sp³-hybridized carbons (Fsp3) is 0. The van der Waals surface area contributed by atoms with Crippen molar-refractivity contribution in [3.63, 3.8) is 0 Å². The summed E-state index contributed by atoms with van der Waals surface area (Å²) >= 11 is 11.7. The van der Waals surface area contributed by atoms with Gasteiger partial charge in [-0.05, 0) is 42.5 Å². The van der Waals surface area contributed by atoms with Crippen molar-refractivity contribution >= 4 is 35.0 Å². The molecule has 0 spiro atoms. The van der Waals surface area contributed by atoms with E-state index in [1.807, 2.05) is 0 Å².